The van der Waals surface area contributed by atoms with Gasteiger partial charge in [-0.15, -0.1) is 0 Å². The molecule has 2 N–H and O–H groups in total. The molecule has 0 spiro atoms. The van der Waals surface area contributed by atoms with Crippen LogP contribution in [0.15, 0.2) is 35.0 Å². The molecule has 2 atom stereocenters. The number of carbonyl (C=O) groups excluding carboxylic acids is 1. The number of hydrogen-bond donors (Lipinski definition) is 2. The summed E-state index contributed by atoms with van der Waals surface area (Å²) in [7, 11) is 0. The van der Waals surface area contributed by atoms with Gasteiger partial charge in [-0.2, -0.15) is 11.3 Å². The SMILES string of the molecule is Cc1cscc1C(=O)Nc1ccc([C@@H]2C[C@H]2C(=O)O)cc1. The van der Waals surface area contributed by atoms with Crippen LogP contribution in [-0.4, -0.2) is 17.0 Å². The van der Waals surface area contributed by atoms with Crippen molar-refractivity contribution in [1.29, 1.82) is 0 Å². The smallest absolute Gasteiger partial charge is 0.307 e. The van der Waals surface area contributed by atoms with E-state index in [4.69, 9.17) is 5.11 Å². The second-order valence-electron chi connectivity index (χ2n) is 5.33. The maximum absolute atomic E-state index is 12.1. The lowest BCUT2D eigenvalue weighted by Crippen LogP contribution is -2.11. The summed E-state index contributed by atoms with van der Waals surface area (Å²) >= 11 is 1.51. The monoisotopic (exact) mass is 301 g/mol. The highest BCUT2D eigenvalue weighted by Crippen LogP contribution is 2.47. The second kappa shape index (κ2) is 5.33. The number of thiophene rings is 1. The molecule has 0 aliphatic heterocycles. The normalized spacial score (nSPS) is 20.0. The van der Waals surface area contributed by atoms with E-state index in [1.165, 1.54) is 11.3 Å². The Morgan fingerprint density at radius 2 is 1.95 bits per heavy atom. The van der Waals surface area contributed by atoms with E-state index < -0.39 is 5.97 Å². The van der Waals surface area contributed by atoms with E-state index in [0.717, 1.165) is 16.8 Å². The molecule has 1 aliphatic rings. The summed E-state index contributed by atoms with van der Waals surface area (Å²) in [6.07, 6.45) is 0.704. The van der Waals surface area contributed by atoms with Crippen LogP contribution in [0.3, 0.4) is 0 Å². The predicted octanol–water partition coefficient (Wildman–Crippen LogP) is 3.50. The van der Waals surface area contributed by atoms with Crippen molar-refractivity contribution < 1.29 is 14.7 Å². The fourth-order valence-electron chi connectivity index (χ4n) is 2.44. The first-order chi connectivity index (χ1) is 10.1. The number of aryl methyl sites for hydroxylation is 1. The molecule has 0 unspecified atom stereocenters. The fourth-order valence-corrected chi connectivity index (χ4v) is 3.27. The second-order valence-corrected chi connectivity index (χ2v) is 6.08. The molecule has 5 heteroatoms. The lowest BCUT2D eigenvalue weighted by atomic mass is 10.1. The number of anilines is 1. The third-order valence-electron chi connectivity index (χ3n) is 3.80. The number of carboxylic acids is 1. The molecule has 1 saturated carbocycles. The van der Waals surface area contributed by atoms with E-state index in [1.54, 1.807) is 0 Å². The minimum atomic E-state index is -0.731. The molecule has 4 nitrogen and oxygen atoms in total. The molecule has 0 radical (unpaired) electrons. The van der Waals surface area contributed by atoms with E-state index >= 15 is 0 Å². The van der Waals surface area contributed by atoms with Crippen molar-refractivity contribution in [3.8, 4) is 0 Å². The van der Waals surface area contributed by atoms with Gasteiger partial charge < -0.3 is 10.4 Å². The van der Waals surface area contributed by atoms with Crippen molar-refractivity contribution in [3.05, 3.63) is 51.7 Å². The molecule has 1 fully saturated rings. The van der Waals surface area contributed by atoms with Gasteiger partial charge in [0.15, 0.2) is 0 Å². The van der Waals surface area contributed by atoms with Crippen LogP contribution in [0.2, 0.25) is 0 Å². The first-order valence-corrected chi connectivity index (χ1v) is 7.67. The number of hydrogen-bond acceptors (Lipinski definition) is 3. The molecule has 0 bridgehead atoms. The highest BCUT2D eigenvalue weighted by Gasteiger charge is 2.43. The number of benzene rings is 1. The summed E-state index contributed by atoms with van der Waals surface area (Å²) in [4.78, 5) is 23.0. The Morgan fingerprint density at radius 1 is 1.24 bits per heavy atom. The van der Waals surface area contributed by atoms with Crippen molar-refractivity contribution in [2.24, 2.45) is 5.92 Å². The molecule has 1 aromatic heterocycles. The minimum Gasteiger partial charge on any atom is -0.481 e. The summed E-state index contributed by atoms with van der Waals surface area (Å²) in [5.41, 5.74) is 3.41. The van der Waals surface area contributed by atoms with Gasteiger partial charge in [-0.3, -0.25) is 9.59 Å². The van der Waals surface area contributed by atoms with Crippen LogP contribution in [0.1, 0.15) is 33.8 Å². The van der Waals surface area contributed by atoms with Gasteiger partial charge in [-0.25, -0.2) is 0 Å². The Labute approximate surface area is 126 Å². The lowest BCUT2D eigenvalue weighted by Gasteiger charge is -2.06. The van der Waals surface area contributed by atoms with Crippen molar-refractivity contribution in [1.82, 2.24) is 0 Å². The summed E-state index contributed by atoms with van der Waals surface area (Å²) in [6.45, 7) is 1.91. The Hall–Kier alpha value is -2.14. The topological polar surface area (TPSA) is 66.4 Å². The molecule has 1 amide bonds. The van der Waals surface area contributed by atoms with Gasteiger partial charge in [0.25, 0.3) is 5.91 Å². The summed E-state index contributed by atoms with van der Waals surface area (Å²) in [5.74, 6) is -0.980. The number of nitrogens with one attached hydrogen (secondary N) is 1. The van der Waals surface area contributed by atoms with Gasteiger partial charge in [0.1, 0.15) is 0 Å². The van der Waals surface area contributed by atoms with Crippen LogP contribution in [0, 0.1) is 12.8 Å². The molecule has 3 rings (SSSR count). The highest BCUT2D eigenvalue weighted by molar-refractivity contribution is 7.08. The summed E-state index contributed by atoms with van der Waals surface area (Å²) in [6, 6.07) is 7.44. The third-order valence-corrected chi connectivity index (χ3v) is 4.67. The van der Waals surface area contributed by atoms with Gasteiger partial charge in [0, 0.05) is 11.1 Å². The summed E-state index contributed by atoms with van der Waals surface area (Å²) in [5, 5.41) is 15.6. The quantitative estimate of drug-likeness (QED) is 0.908. The molecule has 108 valence electrons. The zero-order valence-electron chi connectivity index (χ0n) is 11.5. The van der Waals surface area contributed by atoms with Crippen LogP contribution in [0.4, 0.5) is 5.69 Å². The third kappa shape index (κ3) is 2.83. The average Bonchev–Trinajstić information content (AvgIpc) is 3.15. The first-order valence-electron chi connectivity index (χ1n) is 6.73. The van der Waals surface area contributed by atoms with Crippen molar-refractivity contribution in [3.63, 3.8) is 0 Å². The molecule has 2 aromatic rings. The maximum atomic E-state index is 12.1. The number of rotatable bonds is 4. The predicted molar refractivity (Wildman–Crippen MR) is 81.9 cm³/mol. The molecule has 1 heterocycles. The standard InChI is InChI=1S/C16H15NO3S/c1-9-7-21-8-14(9)15(18)17-11-4-2-10(3-5-11)12-6-13(12)16(19)20/h2-5,7-8,12-13H,6H2,1H3,(H,17,18)(H,19,20)/t12-,13+/m0/s1. The van der Waals surface area contributed by atoms with Crippen LogP contribution in [-0.2, 0) is 4.79 Å². The van der Waals surface area contributed by atoms with Crippen molar-refractivity contribution >= 4 is 28.9 Å². The lowest BCUT2D eigenvalue weighted by molar-refractivity contribution is -0.138. The maximum Gasteiger partial charge on any atom is 0.307 e. The van der Waals surface area contributed by atoms with Crippen molar-refractivity contribution in [2.45, 2.75) is 19.3 Å². The number of carboxylic acid groups (broad SMARTS) is 1. The van der Waals surface area contributed by atoms with E-state index in [9.17, 15) is 9.59 Å². The van der Waals surface area contributed by atoms with Crippen LogP contribution >= 0.6 is 11.3 Å². The van der Waals surface area contributed by atoms with Gasteiger partial charge in [-0.1, -0.05) is 12.1 Å². The molecule has 21 heavy (non-hydrogen) atoms. The molecular formula is C16H15NO3S. The minimum absolute atomic E-state index is 0.115. The van der Waals surface area contributed by atoms with E-state index in [1.807, 2.05) is 41.9 Å². The van der Waals surface area contributed by atoms with Gasteiger partial charge in [0.2, 0.25) is 0 Å². The fraction of sp³-hybridized carbons (Fsp3) is 0.250. The summed E-state index contributed by atoms with van der Waals surface area (Å²) < 4.78 is 0. The number of carbonyl (C=O) groups is 2. The van der Waals surface area contributed by atoms with E-state index in [0.29, 0.717) is 12.0 Å². The first kappa shape index (κ1) is 13.8. The molecular weight excluding hydrogens is 286 g/mol. The Bertz CT molecular complexity index is 690. The Morgan fingerprint density at radius 3 is 2.48 bits per heavy atom. The zero-order chi connectivity index (χ0) is 15.0. The zero-order valence-corrected chi connectivity index (χ0v) is 12.3. The highest BCUT2D eigenvalue weighted by atomic mass is 32.1. The van der Waals surface area contributed by atoms with Gasteiger partial charge in [0.05, 0.1) is 11.5 Å². The average molecular weight is 301 g/mol. The van der Waals surface area contributed by atoms with E-state index in [2.05, 4.69) is 5.32 Å². The van der Waals surface area contributed by atoms with E-state index in [-0.39, 0.29) is 17.7 Å². The van der Waals surface area contributed by atoms with Crippen LogP contribution < -0.4 is 5.32 Å². The van der Waals surface area contributed by atoms with Crippen LogP contribution in [0.25, 0.3) is 0 Å². The molecule has 0 saturated heterocycles. The van der Waals surface area contributed by atoms with Crippen LogP contribution in [0.5, 0.6) is 0 Å². The molecule has 1 aromatic carbocycles. The molecule has 1 aliphatic carbocycles. The largest absolute Gasteiger partial charge is 0.481 e. The van der Waals surface area contributed by atoms with Crippen molar-refractivity contribution in [2.75, 3.05) is 5.32 Å². The number of aliphatic carboxylic acids is 1. The number of amides is 1. The Kier molecular flexibility index (Phi) is 3.51. The van der Waals surface area contributed by atoms with Gasteiger partial charge in [-0.05, 0) is 47.9 Å². The van der Waals surface area contributed by atoms with Gasteiger partial charge >= 0.3 is 5.97 Å². The Balaban J connectivity index is 1.67.